The average Bonchev–Trinajstić information content (AvgIpc) is 2.34. The zero-order chi connectivity index (χ0) is 12.7. The molecule has 0 bridgehead atoms. The Balaban J connectivity index is 2.72. The summed E-state index contributed by atoms with van der Waals surface area (Å²) in [6.45, 7) is 4.42. The zero-order valence-corrected chi connectivity index (χ0v) is 11.0. The van der Waals surface area contributed by atoms with Gasteiger partial charge in [-0.05, 0) is 13.3 Å². The van der Waals surface area contributed by atoms with E-state index in [1.165, 1.54) is 0 Å². The third-order valence-corrected chi connectivity index (χ3v) is 2.65. The van der Waals surface area contributed by atoms with Gasteiger partial charge in [-0.25, -0.2) is 9.97 Å². The lowest BCUT2D eigenvalue weighted by atomic mass is 10.3. The van der Waals surface area contributed by atoms with Gasteiger partial charge in [0.2, 0.25) is 5.95 Å². The van der Waals surface area contributed by atoms with Crippen molar-refractivity contribution in [2.75, 3.05) is 18.5 Å². The number of nitrogens with zero attached hydrogens (tertiary/aromatic N) is 3. The summed E-state index contributed by atoms with van der Waals surface area (Å²) < 4.78 is 0. The van der Waals surface area contributed by atoms with Gasteiger partial charge < -0.3 is 10.4 Å². The standard InChI is InChI=1S/C11H18N4OS/c1-3-9(17)6-13-10-7-14-11(12-4-5-16)15-8(10)2/h6-7,9,16-17H,3-5H2,1-2H3,(H,12,14,15). The van der Waals surface area contributed by atoms with Crippen LogP contribution in [0.3, 0.4) is 0 Å². The molecule has 0 saturated heterocycles. The fraction of sp³-hybridized carbons (Fsp3) is 0.545. The molecular formula is C11H18N4OS. The molecule has 0 amide bonds. The minimum absolute atomic E-state index is 0.0557. The molecule has 0 aliphatic rings. The van der Waals surface area contributed by atoms with E-state index in [4.69, 9.17) is 5.11 Å². The van der Waals surface area contributed by atoms with Crippen molar-refractivity contribution < 1.29 is 5.11 Å². The van der Waals surface area contributed by atoms with Crippen molar-refractivity contribution in [1.29, 1.82) is 0 Å². The highest BCUT2D eigenvalue weighted by Crippen LogP contribution is 2.16. The molecule has 1 atom stereocenters. The number of hydrogen-bond acceptors (Lipinski definition) is 6. The second-order valence-corrected chi connectivity index (χ2v) is 4.23. The minimum Gasteiger partial charge on any atom is -0.395 e. The van der Waals surface area contributed by atoms with E-state index in [0.717, 1.165) is 17.8 Å². The van der Waals surface area contributed by atoms with E-state index in [1.54, 1.807) is 12.4 Å². The molecule has 0 aliphatic heterocycles. The van der Waals surface area contributed by atoms with Crippen molar-refractivity contribution in [2.45, 2.75) is 25.5 Å². The quantitative estimate of drug-likeness (QED) is 0.533. The maximum absolute atomic E-state index is 8.67. The van der Waals surface area contributed by atoms with Gasteiger partial charge in [0.15, 0.2) is 0 Å². The number of thiol groups is 1. The largest absolute Gasteiger partial charge is 0.395 e. The monoisotopic (exact) mass is 254 g/mol. The Bertz CT molecular complexity index is 384. The van der Waals surface area contributed by atoms with Crippen molar-refractivity contribution >= 4 is 30.5 Å². The van der Waals surface area contributed by atoms with Crippen LogP contribution in [0.2, 0.25) is 0 Å². The van der Waals surface area contributed by atoms with Crippen molar-refractivity contribution in [2.24, 2.45) is 4.99 Å². The second kappa shape index (κ2) is 7.24. The molecule has 1 aromatic rings. The van der Waals surface area contributed by atoms with E-state index in [9.17, 15) is 0 Å². The van der Waals surface area contributed by atoms with Crippen LogP contribution in [-0.4, -0.2) is 39.7 Å². The van der Waals surface area contributed by atoms with Gasteiger partial charge in [0, 0.05) is 18.0 Å². The van der Waals surface area contributed by atoms with Crippen molar-refractivity contribution in [3.05, 3.63) is 11.9 Å². The van der Waals surface area contributed by atoms with Gasteiger partial charge in [0.25, 0.3) is 0 Å². The van der Waals surface area contributed by atoms with Gasteiger partial charge in [-0.15, -0.1) is 0 Å². The summed E-state index contributed by atoms with van der Waals surface area (Å²) in [4.78, 5) is 12.6. The normalized spacial score (nSPS) is 12.9. The Labute approximate surface area is 107 Å². The van der Waals surface area contributed by atoms with Crippen LogP contribution in [-0.2, 0) is 0 Å². The van der Waals surface area contributed by atoms with Crippen LogP contribution in [0.25, 0.3) is 0 Å². The Hall–Kier alpha value is -1.14. The SMILES string of the molecule is CCC(S)C=Nc1cnc(NCCO)nc1C. The number of aliphatic imine (C=N–C) groups is 1. The highest BCUT2D eigenvalue weighted by molar-refractivity contribution is 7.81. The highest BCUT2D eigenvalue weighted by Gasteiger charge is 2.02. The molecular weight excluding hydrogens is 236 g/mol. The van der Waals surface area contributed by atoms with E-state index in [1.807, 2.05) is 6.92 Å². The third-order valence-electron chi connectivity index (χ3n) is 2.15. The van der Waals surface area contributed by atoms with Crippen LogP contribution < -0.4 is 5.32 Å². The van der Waals surface area contributed by atoms with Gasteiger partial charge in [-0.1, -0.05) is 6.92 Å². The summed E-state index contributed by atoms with van der Waals surface area (Å²) in [5, 5.41) is 11.7. The molecule has 0 aromatic carbocycles. The summed E-state index contributed by atoms with van der Waals surface area (Å²) in [5.41, 5.74) is 1.54. The smallest absolute Gasteiger partial charge is 0.223 e. The molecule has 1 aromatic heterocycles. The Morgan fingerprint density at radius 1 is 1.65 bits per heavy atom. The summed E-state index contributed by atoms with van der Waals surface area (Å²) >= 11 is 4.33. The van der Waals surface area contributed by atoms with Crippen molar-refractivity contribution in [1.82, 2.24) is 9.97 Å². The summed E-state index contributed by atoms with van der Waals surface area (Å²) in [6.07, 6.45) is 4.38. The first-order chi connectivity index (χ1) is 8.17. The number of anilines is 1. The highest BCUT2D eigenvalue weighted by atomic mass is 32.1. The first-order valence-corrected chi connectivity index (χ1v) is 6.09. The zero-order valence-electron chi connectivity index (χ0n) is 10.1. The van der Waals surface area contributed by atoms with Crippen molar-refractivity contribution in [3.63, 3.8) is 0 Å². The van der Waals surface area contributed by atoms with Crippen LogP contribution >= 0.6 is 12.6 Å². The van der Waals surface area contributed by atoms with E-state index in [-0.39, 0.29) is 11.9 Å². The van der Waals surface area contributed by atoms with Crippen LogP contribution in [0.4, 0.5) is 11.6 Å². The number of aryl methyl sites for hydroxylation is 1. The molecule has 0 spiro atoms. The van der Waals surface area contributed by atoms with Crippen LogP contribution in [0.5, 0.6) is 0 Å². The molecule has 0 saturated carbocycles. The lowest BCUT2D eigenvalue weighted by molar-refractivity contribution is 0.311. The first kappa shape index (κ1) is 13.9. The van der Waals surface area contributed by atoms with E-state index in [2.05, 4.69) is 39.8 Å². The van der Waals surface area contributed by atoms with E-state index < -0.39 is 0 Å². The Kier molecular flexibility index (Phi) is 5.93. The first-order valence-electron chi connectivity index (χ1n) is 5.58. The summed E-state index contributed by atoms with van der Waals surface area (Å²) in [7, 11) is 0. The fourth-order valence-electron chi connectivity index (χ4n) is 1.11. The molecule has 2 N–H and O–H groups in total. The number of aliphatic hydroxyl groups is 1. The Morgan fingerprint density at radius 2 is 2.41 bits per heavy atom. The van der Waals surface area contributed by atoms with Gasteiger partial charge >= 0.3 is 0 Å². The molecule has 6 heteroatoms. The van der Waals surface area contributed by atoms with E-state index >= 15 is 0 Å². The average molecular weight is 254 g/mol. The molecule has 0 fully saturated rings. The third kappa shape index (κ3) is 4.70. The molecule has 94 valence electrons. The minimum atomic E-state index is 0.0557. The number of aliphatic hydroxyl groups excluding tert-OH is 1. The molecule has 5 nitrogen and oxygen atoms in total. The van der Waals surface area contributed by atoms with Crippen LogP contribution in [0.15, 0.2) is 11.2 Å². The second-order valence-electron chi connectivity index (χ2n) is 3.57. The number of nitrogens with one attached hydrogen (secondary N) is 1. The maximum atomic E-state index is 8.67. The topological polar surface area (TPSA) is 70.4 Å². The Morgan fingerprint density at radius 3 is 3.00 bits per heavy atom. The molecule has 1 heterocycles. The number of aromatic nitrogens is 2. The van der Waals surface area contributed by atoms with Gasteiger partial charge in [0.1, 0.15) is 5.69 Å². The lowest BCUT2D eigenvalue weighted by Gasteiger charge is -2.05. The van der Waals surface area contributed by atoms with Crippen LogP contribution in [0.1, 0.15) is 19.0 Å². The fourth-order valence-corrected chi connectivity index (χ4v) is 1.18. The van der Waals surface area contributed by atoms with Gasteiger partial charge in [0.05, 0.1) is 18.5 Å². The summed E-state index contributed by atoms with van der Waals surface area (Å²) in [6, 6.07) is 0. The predicted octanol–water partition coefficient (Wildman–Crippen LogP) is 1.60. The summed E-state index contributed by atoms with van der Waals surface area (Å²) in [5.74, 6) is 0.508. The molecule has 17 heavy (non-hydrogen) atoms. The van der Waals surface area contributed by atoms with Crippen molar-refractivity contribution in [3.8, 4) is 0 Å². The van der Waals surface area contributed by atoms with E-state index in [0.29, 0.717) is 12.5 Å². The molecule has 0 radical (unpaired) electrons. The molecule has 1 unspecified atom stereocenters. The number of hydrogen-bond donors (Lipinski definition) is 3. The molecule has 1 rings (SSSR count). The van der Waals surface area contributed by atoms with Gasteiger partial charge in [-0.2, -0.15) is 12.6 Å². The number of rotatable bonds is 6. The molecule has 0 aliphatic carbocycles. The lowest BCUT2D eigenvalue weighted by Crippen LogP contribution is -2.08. The predicted molar refractivity (Wildman–Crippen MR) is 73.6 cm³/mol. The maximum Gasteiger partial charge on any atom is 0.223 e. The van der Waals surface area contributed by atoms with Gasteiger partial charge in [-0.3, -0.25) is 4.99 Å². The van der Waals surface area contributed by atoms with Crippen LogP contribution in [0, 0.1) is 6.92 Å².